The van der Waals surface area contributed by atoms with Crippen LogP contribution in [0.3, 0.4) is 0 Å². The maximum Gasteiger partial charge on any atom is 0.342 e. The first-order chi connectivity index (χ1) is 8.83. The summed E-state index contributed by atoms with van der Waals surface area (Å²) >= 11 is 0. The number of hydrogen-bond acceptors (Lipinski definition) is 4. The van der Waals surface area contributed by atoms with Crippen LogP contribution in [0.25, 0.3) is 0 Å². The van der Waals surface area contributed by atoms with Gasteiger partial charge in [-0.25, -0.2) is 9.55 Å². The van der Waals surface area contributed by atoms with E-state index in [0.29, 0.717) is 12.4 Å². The van der Waals surface area contributed by atoms with Gasteiger partial charge in [0.1, 0.15) is 25.4 Å². The second-order valence-corrected chi connectivity index (χ2v) is 5.12. The maximum atomic E-state index is 10.9. The molecule has 0 radical (unpaired) electrons. The summed E-state index contributed by atoms with van der Waals surface area (Å²) in [7, 11) is 2.07. The molecule has 0 saturated heterocycles. The van der Waals surface area contributed by atoms with Crippen LogP contribution in [-0.4, -0.2) is 56.8 Å². The van der Waals surface area contributed by atoms with Crippen molar-refractivity contribution in [3.63, 3.8) is 0 Å². The molecule has 1 N–H and O–H groups in total. The van der Waals surface area contributed by atoms with Gasteiger partial charge in [0, 0.05) is 6.92 Å². The van der Waals surface area contributed by atoms with Crippen LogP contribution in [0.2, 0.25) is 0 Å². The van der Waals surface area contributed by atoms with Crippen LogP contribution < -0.4 is 0 Å². The molecule has 0 amide bonds. The van der Waals surface area contributed by atoms with Crippen molar-refractivity contribution in [3.8, 4) is 0 Å². The van der Waals surface area contributed by atoms with Gasteiger partial charge >= 0.3 is 5.82 Å². The normalized spacial score (nSPS) is 13.5. The second kappa shape index (κ2) is 6.12. The van der Waals surface area contributed by atoms with Crippen LogP contribution in [0.1, 0.15) is 19.7 Å². The Morgan fingerprint density at radius 1 is 1.53 bits per heavy atom. The highest BCUT2D eigenvalue weighted by Crippen LogP contribution is 2.15. The molecule has 1 rings (SSSR count). The zero-order valence-electron chi connectivity index (χ0n) is 12.0. The highest BCUT2D eigenvalue weighted by atomic mass is 16.6. The lowest BCUT2D eigenvalue weighted by Crippen LogP contribution is -2.49. The number of nitro groups is 1. The first-order valence-electron chi connectivity index (χ1n) is 6.51. The van der Waals surface area contributed by atoms with E-state index in [1.165, 1.54) is 10.8 Å². The third kappa shape index (κ3) is 3.74. The van der Waals surface area contributed by atoms with Crippen molar-refractivity contribution in [2.24, 2.45) is 0 Å². The zero-order chi connectivity index (χ0) is 14.6. The van der Waals surface area contributed by atoms with Crippen molar-refractivity contribution in [1.82, 2.24) is 9.55 Å². The molecule has 0 saturated carbocycles. The van der Waals surface area contributed by atoms with Gasteiger partial charge in [-0.3, -0.25) is 0 Å². The highest BCUT2D eigenvalue weighted by molar-refractivity contribution is 5.18. The van der Waals surface area contributed by atoms with Crippen LogP contribution in [0, 0.1) is 17.0 Å². The fraction of sp³-hybridized carbons (Fsp3) is 0.750. The van der Waals surface area contributed by atoms with E-state index in [1.54, 1.807) is 6.92 Å². The largest absolute Gasteiger partial charge is 0.383 e. The van der Waals surface area contributed by atoms with E-state index >= 15 is 0 Å². The SMILES string of the molecule is CC[N+](C)(CC)CC(O)Cn1c([N+](=O)[O-])cnc1C. The van der Waals surface area contributed by atoms with Gasteiger partial charge in [-0.1, -0.05) is 0 Å². The molecule has 7 nitrogen and oxygen atoms in total. The number of aryl methyl sites for hydroxylation is 1. The van der Waals surface area contributed by atoms with Crippen molar-refractivity contribution in [3.05, 3.63) is 22.1 Å². The molecule has 1 heterocycles. The summed E-state index contributed by atoms with van der Waals surface area (Å²) in [6.07, 6.45) is 0.604. The van der Waals surface area contributed by atoms with Crippen LogP contribution in [0.5, 0.6) is 0 Å². The molecular weight excluding hydrogens is 248 g/mol. The Kier molecular flexibility index (Phi) is 5.02. The number of nitrogens with zero attached hydrogens (tertiary/aromatic N) is 4. The van der Waals surface area contributed by atoms with E-state index in [1.807, 2.05) is 0 Å². The van der Waals surface area contributed by atoms with Crippen molar-refractivity contribution >= 4 is 5.82 Å². The monoisotopic (exact) mass is 271 g/mol. The number of aliphatic hydroxyl groups excluding tert-OH is 1. The second-order valence-electron chi connectivity index (χ2n) is 5.12. The number of rotatable bonds is 7. The number of quaternary nitrogens is 1. The molecular formula is C12H23N4O3+. The molecule has 0 aromatic carbocycles. The Bertz CT molecular complexity index is 440. The van der Waals surface area contributed by atoms with Gasteiger partial charge in [0.05, 0.1) is 20.1 Å². The van der Waals surface area contributed by atoms with E-state index in [9.17, 15) is 15.2 Å². The summed E-state index contributed by atoms with van der Waals surface area (Å²) in [6, 6.07) is 0. The average Bonchev–Trinajstić information content (AvgIpc) is 2.71. The molecule has 0 bridgehead atoms. The zero-order valence-corrected chi connectivity index (χ0v) is 12.0. The van der Waals surface area contributed by atoms with Crippen LogP contribution >= 0.6 is 0 Å². The quantitative estimate of drug-likeness (QED) is 0.455. The van der Waals surface area contributed by atoms with Crippen LogP contribution in [0.4, 0.5) is 5.82 Å². The summed E-state index contributed by atoms with van der Waals surface area (Å²) in [4.78, 5) is 14.3. The summed E-state index contributed by atoms with van der Waals surface area (Å²) in [5.41, 5.74) is 0. The van der Waals surface area contributed by atoms with Crippen LogP contribution in [-0.2, 0) is 6.54 Å². The van der Waals surface area contributed by atoms with Gasteiger partial charge in [0.2, 0.25) is 0 Å². The molecule has 0 spiro atoms. The fourth-order valence-electron chi connectivity index (χ4n) is 2.09. The van der Waals surface area contributed by atoms with E-state index in [2.05, 4.69) is 25.9 Å². The highest BCUT2D eigenvalue weighted by Gasteiger charge is 2.26. The van der Waals surface area contributed by atoms with E-state index in [-0.39, 0.29) is 12.4 Å². The number of aliphatic hydroxyl groups is 1. The third-order valence-corrected chi connectivity index (χ3v) is 3.79. The minimum atomic E-state index is -0.628. The standard InChI is InChI=1S/C12H23N4O3/c1-5-16(4,6-2)9-11(17)8-14-10(3)13-7-12(14)15(18)19/h7,11,17H,5-6,8-9H2,1-4H3/q+1. The minimum absolute atomic E-state index is 0.0706. The topological polar surface area (TPSA) is 81.2 Å². The first-order valence-corrected chi connectivity index (χ1v) is 6.51. The van der Waals surface area contributed by atoms with E-state index in [0.717, 1.165) is 17.6 Å². The van der Waals surface area contributed by atoms with Crippen LogP contribution in [0.15, 0.2) is 6.20 Å². The lowest BCUT2D eigenvalue weighted by molar-refractivity contribution is -0.909. The molecule has 1 unspecified atom stereocenters. The van der Waals surface area contributed by atoms with Gasteiger partial charge in [0.25, 0.3) is 0 Å². The van der Waals surface area contributed by atoms with E-state index < -0.39 is 11.0 Å². The molecule has 0 aliphatic rings. The maximum absolute atomic E-state index is 10.9. The Morgan fingerprint density at radius 3 is 2.58 bits per heavy atom. The molecule has 1 aromatic heterocycles. The Labute approximate surface area is 113 Å². The Balaban J connectivity index is 2.80. The average molecular weight is 271 g/mol. The summed E-state index contributed by atoms with van der Waals surface area (Å²) in [5, 5.41) is 21.0. The molecule has 0 fully saturated rings. The fourth-order valence-corrected chi connectivity index (χ4v) is 2.09. The summed E-state index contributed by atoms with van der Waals surface area (Å²) in [5.74, 6) is 0.478. The lowest BCUT2D eigenvalue weighted by atomic mass is 10.2. The molecule has 19 heavy (non-hydrogen) atoms. The number of hydrogen-bond donors (Lipinski definition) is 1. The third-order valence-electron chi connectivity index (χ3n) is 3.79. The minimum Gasteiger partial charge on any atom is -0.383 e. The molecule has 1 atom stereocenters. The van der Waals surface area contributed by atoms with Gasteiger partial charge in [0.15, 0.2) is 5.82 Å². The smallest absolute Gasteiger partial charge is 0.342 e. The van der Waals surface area contributed by atoms with Gasteiger partial charge in [-0.05, 0) is 18.8 Å². The number of aromatic nitrogens is 2. The molecule has 7 heteroatoms. The lowest BCUT2D eigenvalue weighted by Gasteiger charge is -2.33. The van der Waals surface area contributed by atoms with Crippen molar-refractivity contribution in [2.75, 3.05) is 26.7 Å². The first kappa shape index (κ1) is 15.6. The van der Waals surface area contributed by atoms with E-state index in [4.69, 9.17) is 0 Å². The van der Waals surface area contributed by atoms with Gasteiger partial charge in [-0.15, -0.1) is 0 Å². The number of likely N-dealkylation sites (N-methyl/N-ethyl adjacent to an activating group) is 1. The Hall–Kier alpha value is -1.47. The van der Waals surface area contributed by atoms with Gasteiger partial charge in [-0.2, -0.15) is 0 Å². The molecule has 108 valence electrons. The molecule has 0 aliphatic heterocycles. The van der Waals surface area contributed by atoms with Crippen molar-refractivity contribution in [2.45, 2.75) is 33.4 Å². The molecule has 1 aromatic rings. The van der Waals surface area contributed by atoms with Gasteiger partial charge < -0.3 is 19.7 Å². The van der Waals surface area contributed by atoms with Crippen molar-refractivity contribution in [1.29, 1.82) is 0 Å². The van der Waals surface area contributed by atoms with Crippen molar-refractivity contribution < 1.29 is 14.5 Å². The summed E-state index contributed by atoms with van der Waals surface area (Å²) < 4.78 is 2.20. The predicted octanol–water partition coefficient (Wildman–Crippen LogP) is 0.947. The number of imidazole rings is 1. The predicted molar refractivity (Wildman–Crippen MR) is 71.8 cm³/mol. The Morgan fingerprint density at radius 2 is 2.11 bits per heavy atom. The molecule has 0 aliphatic carbocycles. The summed E-state index contributed by atoms with van der Waals surface area (Å²) in [6.45, 7) is 8.45.